The Morgan fingerprint density at radius 2 is 1.59 bits per heavy atom. The molecule has 0 aromatic rings. The predicted molar refractivity (Wildman–Crippen MR) is 60.6 cm³/mol. The molecule has 7 heteroatoms. The first-order chi connectivity index (χ1) is 7.84. The fourth-order valence-corrected chi connectivity index (χ4v) is 1.44. The van der Waals surface area contributed by atoms with E-state index in [0.29, 0.717) is 0 Å². The van der Waals surface area contributed by atoms with Crippen LogP contribution in [0, 0.1) is 0 Å². The number of ether oxygens (including phenoxy) is 1. The maximum atomic E-state index is 11.6. The quantitative estimate of drug-likeness (QED) is 0.409. The van der Waals surface area contributed by atoms with E-state index >= 15 is 0 Å². The summed E-state index contributed by atoms with van der Waals surface area (Å²) in [4.78, 5) is 22.4. The number of aliphatic hydroxyl groups is 1. The van der Waals surface area contributed by atoms with Crippen molar-refractivity contribution in [1.82, 2.24) is 10.6 Å². The van der Waals surface area contributed by atoms with Crippen molar-refractivity contribution >= 4 is 11.9 Å². The third-order valence-corrected chi connectivity index (χ3v) is 2.40. The van der Waals surface area contributed by atoms with E-state index in [-0.39, 0.29) is 0 Å². The largest absolute Gasteiger partial charge is 0.480 e. The number of aliphatic hydroxyl groups excluding tert-OH is 1. The molecule has 4 N–H and O–H groups in total. The van der Waals surface area contributed by atoms with Crippen LogP contribution >= 0.6 is 0 Å². The maximum absolute atomic E-state index is 11.6. The molecule has 0 radical (unpaired) electrons. The van der Waals surface area contributed by atoms with Gasteiger partial charge in [0.2, 0.25) is 0 Å². The van der Waals surface area contributed by atoms with Crippen molar-refractivity contribution in [3.63, 3.8) is 0 Å². The zero-order chi connectivity index (χ0) is 13.6. The van der Waals surface area contributed by atoms with E-state index in [1.165, 1.54) is 27.9 Å². The van der Waals surface area contributed by atoms with Crippen molar-refractivity contribution in [2.24, 2.45) is 0 Å². The highest BCUT2D eigenvalue weighted by molar-refractivity contribution is 5.78. The molecule has 0 aromatic heterocycles. The first kappa shape index (κ1) is 15.8. The molecule has 0 saturated heterocycles. The fourth-order valence-electron chi connectivity index (χ4n) is 1.44. The van der Waals surface area contributed by atoms with Gasteiger partial charge in [-0.3, -0.25) is 9.59 Å². The predicted octanol–water partition coefficient (Wildman–Crippen LogP) is -1.44. The normalized spacial score (nSPS) is 17.9. The standard InChI is InChI=1S/C10H20N2O5/c1-5(13)7(11-3)10(16)17-6(2)8(12-4)9(14)15/h5-8,11-13H,1-4H3,(H,14,15)/t5-,6-,7+,8+/m1/s1. The van der Waals surface area contributed by atoms with E-state index in [2.05, 4.69) is 10.6 Å². The topological polar surface area (TPSA) is 108 Å². The highest BCUT2D eigenvalue weighted by Crippen LogP contribution is 2.04. The van der Waals surface area contributed by atoms with E-state index in [0.717, 1.165) is 0 Å². The summed E-state index contributed by atoms with van der Waals surface area (Å²) in [5, 5.41) is 23.3. The second-order valence-corrected chi connectivity index (χ2v) is 3.75. The Hall–Kier alpha value is -1.18. The lowest BCUT2D eigenvalue weighted by Gasteiger charge is -2.24. The molecule has 100 valence electrons. The number of carbonyl (C=O) groups is 2. The van der Waals surface area contributed by atoms with Crippen LogP contribution in [0.2, 0.25) is 0 Å². The number of carbonyl (C=O) groups excluding carboxylic acids is 1. The molecule has 0 rings (SSSR count). The maximum Gasteiger partial charge on any atom is 0.326 e. The summed E-state index contributed by atoms with van der Waals surface area (Å²) in [6.07, 6.45) is -1.75. The fraction of sp³-hybridized carbons (Fsp3) is 0.800. The third-order valence-electron chi connectivity index (χ3n) is 2.40. The average Bonchev–Trinajstić information content (AvgIpc) is 2.17. The van der Waals surface area contributed by atoms with Gasteiger partial charge in [-0.05, 0) is 27.9 Å². The molecule has 7 nitrogen and oxygen atoms in total. The van der Waals surface area contributed by atoms with Gasteiger partial charge in [-0.25, -0.2) is 0 Å². The summed E-state index contributed by atoms with van der Waals surface area (Å²) >= 11 is 0. The van der Waals surface area contributed by atoms with Crippen molar-refractivity contribution in [3.8, 4) is 0 Å². The van der Waals surface area contributed by atoms with E-state index < -0.39 is 36.2 Å². The number of carboxylic acid groups (broad SMARTS) is 1. The van der Waals surface area contributed by atoms with E-state index in [9.17, 15) is 14.7 Å². The van der Waals surface area contributed by atoms with Gasteiger partial charge in [0.25, 0.3) is 0 Å². The molecule has 0 aliphatic carbocycles. The number of rotatable bonds is 7. The summed E-state index contributed by atoms with van der Waals surface area (Å²) in [6, 6.07) is -1.85. The van der Waals surface area contributed by atoms with Crippen LogP contribution in [0.1, 0.15) is 13.8 Å². The molecule has 0 saturated carbocycles. The van der Waals surface area contributed by atoms with Gasteiger partial charge in [0.1, 0.15) is 18.2 Å². The molecule has 0 heterocycles. The van der Waals surface area contributed by atoms with Gasteiger partial charge < -0.3 is 25.6 Å². The summed E-state index contributed by atoms with van der Waals surface area (Å²) < 4.78 is 4.97. The smallest absolute Gasteiger partial charge is 0.326 e. The van der Waals surface area contributed by atoms with Crippen molar-refractivity contribution in [3.05, 3.63) is 0 Å². The number of likely N-dealkylation sites (N-methyl/N-ethyl adjacent to an activating group) is 2. The summed E-state index contributed by atoms with van der Waals surface area (Å²) in [7, 11) is 2.98. The molecule has 0 bridgehead atoms. The molecule has 0 unspecified atom stereocenters. The summed E-state index contributed by atoms with van der Waals surface area (Å²) in [5.41, 5.74) is 0. The molecule has 0 aliphatic rings. The number of hydrogen-bond donors (Lipinski definition) is 4. The molecular formula is C10H20N2O5. The second-order valence-electron chi connectivity index (χ2n) is 3.75. The Morgan fingerprint density at radius 3 is 1.88 bits per heavy atom. The zero-order valence-corrected chi connectivity index (χ0v) is 10.4. The number of aliphatic carboxylic acids is 1. The van der Waals surface area contributed by atoms with Crippen molar-refractivity contribution < 1.29 is 24.5 Å². The van der Waals surface area contributed by atoms with E-state index in [4.69, 9.17) is 9.84 Å². The Balaban J connectivity index is 4.51. The second kappa shape index (κ2) is 7.21. The van der Waals surface area contributed by atoms with Gasteiger partial charge in [0.05, 0.1) is 6.10 Å². The third kappa shape index (κ3) is 4.68. The first-order valence-electron chi connectivity index (χ1n) is 5.31. The van der Waals surface area contributed by atoms with E-state index in [1.807, 2.05) is 0 Å². The minimum Gasteiger partial charge on any atom is -0.480 e. The van der Waals surface area contributed by atoms with Gasteiger partial charge >= 0.3 is 11.9 Å². The van der Waals surface area contributed by atoms with Crippen molar-refractivity contribution in [2.75, 3.05) is 14.1 Å². The number of hydrogen-bond acceptors (Lipinski definition) is 6. The van der Waals surface area contributed by atoms with Crippen LogP contribution in [-0.2, 0) is 14.3 Å². The summed E-state index contributed by atoms with van der Waals surface area (Å²) in [6.45, 7) is 2.92. The average molecular weight is 248 g/mol. The molecule has 4 atom stereocenters. The SMILES string of the molecule is CN[C@H](C(=O)O[C@H](C)[C@H](NC)C(=O)O)[C@@H](C)O. The Kier molecular flexibility index (Phi) is 6.71. The summed E-state index contributed by atoms with van der Waals surface area (Å²) in [5.74, 6) is -1.79. The molecule has 0 spiro atoms. The van der Waals surface area contributed by atoms with Crippen LogP contribution in [0.5, 0.6) is 0 Å². The number of esters is 1. The molecule has 0 amide bonds. The highest BCUT2D eigenvalue weighted by atomic mass is 16.5. The first-order valence-corrected chi connectivity index (χ1v) is 5.31. The van der Waals surface area contributed by atoms with Gasteiger partial charge in [0.15, 0.2) is 0 Å². The van der Waals surface area contributed by atoms with Crippen LogP contribution in [0.3, 0.4) is 0 Å². The van der Waals surface area contributed by atoms with Gasteiger partial charge in [0, 0.05) is 0 Å². The van der Waals surface area contributed by atoms with Crippen molar-refractivity contribution in [2.45, 2.75) is 38.1 Å². The Labute approximate surface area is 100 Å². The van der Waals surface area contributed by atoms with Gasteiger partial charge in [-0.1, -0.05) is 0 Å². The minimum atomic E-state index is -1.11. The lowest BCUT2D eigenvalue weighted by Crippen LogP contribution is -2.49. The zero-order valence-electron chi connectivity index (χ0n) is 10.4. The van der Waals surface area contributed by atoms with Gasteiger partial charge in [-0.2, -0.15) is 0 Å². The number of carboxylic acids is 1. The molecule has 0 aliphatic heterocycles. The monoisotopic (exact) mass is 248 g/mol. The Morgan fingerprint density at radius 1 is 1.12 bits per heavy atom. The Bertz CT molecular complexity index is 269. The lowest BCUT2D eigenvalue weighted by molar-refractivity contribution is -0.158. The van der Waals surface area contributed by atoms with Crippen molar-refractivity contribution in [1.29, 1.82) is 0 Å². The van der Waals surface area contributed by atoms with E-state index in [1.54, 1.807) is 0 Å². The molecule has 0 aromatic carbocycles. The molecular weight excluding hydrogens is 228 g/mol. The molecule has 0 fully saturated rings. The van der Waals surface area contributed by atoms with Gasteiger partial charge in [-0.15, -0.1) is 0 Å². The van der Waals surface area contributed by atoms with Crippen LogP contribution < -0.4 is 10.6 Å². The number of nitrogens with one attached hydrogen (secondary N) is 2. The van der Waals surface area contributed by atoms with Crippen LogP contribution in [0.4, 0.5) is 0 Å². The lowest BCUT2D eigenvalue weighted by atomic mass is 10.1. The van der Waals surface area contributed by atoms with Crippen LogP contribution in [0.15, 0.2) is 0 Å². The highest BCUT2D eigenvalue weighted by Gasteiger charge is 2.30. The van der Waals surface area contributed by atoms with Crippen LogP contribution in [0.25, 0.3) is 0 Å². The minimum absolute atomic E-state index is 0.684. The molecule has 17 heavy (non-hydrogen) atoms. The van der Waals surface area contributed by atoms with Crippen LogP contribution in [-0.4, -0.2) is 60.5 Å².